The molecule has 3 rings (SSSR count). The summed E-state index contributed by atoms with van der Waals surface area (Å²) in [5, 5.41) is 2.88. The summed E-state index contributed by atoms with van der Waals surface area (Å²) in [6.45, 7) is 5.33. The molecule has 7 heteroatoms. The highest BCUT2D eigenvalue weighted by Gasteiger charge is 2.64. The van der Waals surface area contributed by atoms with E-state index in [1.54, 1.807) is 18.7 Å². The number of nitrogens with one attached hydrogen (secondary N) is 1. The molecule has 3 fully saturated rings. The molecule has 0 saturated carbocycles. The number of hydrogen-bond acceptors (Lipinski definition) is 6. The zero-order valence-corrected chi connectivity index (χ0v) is 12.5. The molecular formula is C14H17NO5S. The molecule has 0 aromatic heterocycles. The Morgan fingerprint density at radius 1 is 1.52 bits per heavy atom. The second-order valence-electron chi connectivity index (χ2n) is 5.62. The van der Waals surface area contributed by atoms with Gasteiger partial charge in [-0.15, -0.1) is 11.8 Å². The molecule has 3 aliphatic rings. The molecule has 6 nitrogen and oxygen atoms in total. The Hall–Kier alpha value is -1.50. The van der Waals surface area contributed by atoms with Gasteiger partial charge in [0.25, 0.3) is 0 Å². The van der Waals surface area contributed by atoms with Crippen molar-refractivity contribution in [2.45, 2.75) is 42.5 Å². The predicted octanol–water partition coefficient (Wildman–Crippen LogP) is 0.410. The topological polar surface area (TPSA) is 81.7 Å². The number of rotatable bonds is 5. The van der Waals surface area contributed by atoms with Crippen LogP contribution in [0.2, 0.25) is 0 Å². The summed E-state index contributed by atoms with van der Waals surface area (Å²) in [6.07, 6.45) is 0.198. The molecule has 3 aliphatic heterocycles. The first kappa shape index (κ1) is 14.4. The molecule has 0 radical (unpaired) electrons. The number of carbonyl (C=O) groups excluding carboxylic acids is 3. The van der Waals surface area contributed by atoms with Crippen molar-refractivity contribution in [3.05, 3.63) is 12.2 Å². The molecule has 3 heterocycles. The molecule has 1 N–H and O–H groups in total. The van der Waals surface area contributed by atoms with Crippen LogP contribution in [0.1, 0.15) is 19.8 Å². The summed E-state index contributed by atoms with van der Waals surface area (Å²) < 4.78 is 10.8. The lowest BCUT2D eigenvalue weighted by molar-refractivity contribution is -0.159. The fourth-order valence-corrected chi connectivity index (χ4v) is 4.89. The van der Waals surface area contributed by atoms with Crippen molar-refractivity contribution in [1.29, 1.82) is 0 Å². The van der Waals surface area contributed by atoms with Gasteiger partial charge in [0.1, 0.15) is 0 Å². The molecule has 0 aromatic rings. The van der Waals surface area contributed by atoms with Gasteiger partial charge in [0.05, 0.1) is 17.6 Å². The third-order valence-corrected chi connectivity index (χ3v) is 5.77. The van der Waals surface area contributed by atoms with Crippen LogP contribution >= 0.6 is 11.8 Å². The lowest BCUT2D eigenvalue weighted by Gasteiger charge is -2.23. The SMILES string of the molecule is C=C(C)C(=O)NCCC(=O)OC1C2CC3C(=O)OC1C3S2. The number of esters is 2. The van der Waals surface area contributed by atoms with E-state index in [9.17, 15) is 14.4 Å². The van der Waals surface area contributed by atoms with Gasteiger partial charge in [0.2, 0.25) is 5.91 Å². The van der Waals surface area contributed by atoms with Crippen LogP contribution in [0.5, 0.6) is 0 Å². The van der Waals surface area contributed by atoms with Crippen LogP contribution in [0.4, 0.5) is 0 Å². The lowest BCUT2D eigenvalue weighted by atomic mass is 9.88. The van der Waals surface area contributed by atoms with E-state index in [1.165, 1.54) is 0 Å². The molecule has 1 amide bonds. The first-order valence-electron chi connectivity index (χ1n) is 6.96. The van der Waals surface area contributed by atoms with Gasteiger partial charge in [-0.2, -0.15) is 0 Å². The van der Waals surface area contributed by atoms with Gasteiger partial charge >= 0.3 is 11.9 Å². The number of ether oxygens (including phenoxy) is 2. The van der Waals surface area contributed by atoms with Crippen molar-refractivity contribution in [2.75, 3.05) is 6.54 Å². The molecule has 3 saturated heterocycles. The summed E-state index contributed by atoms with van der Waals surface area (Å²) >= 11 is 1.69. The van der Waals surface area contributed by atoms with Crippen LogP contribution < -0.4 is 5.32 Å². The van der Waals surface area contributed by atoms with Crippen molar-refractivity contribution >= 4 is 29.6 Å². The molecule has 0 aliphatic carbocycles. The molecule has 0 spiro atoms. The van der Waals surface area contributed by atoms with E-state index in [1.807, 2.05) is 0 Å². The Morgan fingerprint density at radius 3 is 3.00 bits per heavy atom. The van der Waals surface area contributed by atoms with Crippen molar-refractivity contribution in [3.8, 4) is 0 Å². The summed E-state index contributed by atoms with van der Waals surface area (Å²) in [5.74, 6) is -0.831. The van der Waals surface area contributed by atoms with E-state index < -0.39 is 0 Å². The highest BCUT2D eigenvalue weighted by molar-refractivity contribution is 8.01. The second kappa shape index (κ2) is 5.36. The van der Waals surface area contributed by atoms with Crippen LogP contribution in [0.3, 0.4) is 0 Å². The van der Waals surface area contributed by atoms with Crippen LogP contribution in [-0.4, -0.2) is 47.1 Å². The Morgan fingerprint density at radius 2 is 2.29 bits per heavy atom. The highest BCUT2D eigenvalue weighted by atomic mass is 32.2. The third-order valence-electron chi connectivity index (χ3n) is 4.05. The maximum Gasteiger partial charge on any atom is 0.310 e. The molecule has 5 atom stereocenters. The van der Waals surface area contributed by atoms with Gasteiger partial charge in [0, 0.05) is 17.4 Å². The summed E-state index contributed by atoms with van der Waals surface area (Å²) in [6, 6.07) is 0. The Balaban J connectivity index is 1.47. The van der Waals surface area contributed by atoms with E-state index in [0.29, 0.717) is 5.57 Å². The quantitative estimate of drug-likeness (QED) is 0.585. The van der Waals surface area contributed by atoms with Gasteiger partial charge in [-0.1, -0.05) is 6.58 Å². The van der Waals surface area contributed by atoms with Crippen LogP contribution in [-0.2, 0) is 23.9 Å². The first-order valence-corrected chi connectivity index (χ1v) is 7.91. The number of amides is 1. The van der Waals surface area contributed by atoms with Gasteiger partial charge in [0.15, 0.2) is 12.2 Å². The van der Waals surface area contributed by atoms with E-state index in [-0.39, 0.29) is 59.4 Å². The molecule has 5 unspecified atom stereocenters. The first-order chi connectivity index (χ1) is 9.97. The Bertz CT molecular complexity index is 519. The molecule has 0 aromatic carbocycles. The zero-order valence-electron chi connectivity index (χ0n) is 11.7. The third kappa shape index (κ3) is 2.54. The van der Waals surface area contributed by atoms with Crippen molar-refractivity contribution in [1.82, 2.24) is 5.32 Å². The van der Waals surface area contributed by atoms with E-state index in [4.69, 9.17) is 9.47 Å². The number of fused-ring (bicyclic) bond motifs is 1. The normalized spacial score (nSPS) is 35.5. The Kier molecular flexibility index (Phi) is 3.69. The van der Waals surface area contributed by atoms with Gasteiger partial charge in [-0.25, -0.2) is 0 Å². The minimum absolute atomic E-state index is 0.0187. The largest absolute Gasteiger partial charge is 0.457 e. The number of hydrogen-bond donors (Lipinski definition) is 1. The summed E-state index contributed by atoms with van der Waals surface area (Å²) in [5.41, 5.74) is 0.400. The van der Waals surface area contributed by atoms with Crippen LogP contribution in [0, 0.1) is 5.92 Å². The standard InChI is InChI=1S/C14H17NO5S/c1-6(2)13(17)15-4-3-9(16)19-10-8-5-7-12(21-8)11(10)20-14(7)18/h7-8,10-12H,1,3-5H2,2H3,(H,15,17). The van der Waals surface area contributed by atoms with Gasteiger partial charge in [-0.3, -0.25) is 14.4 Å². The zero-order chi connectivity index (χ0) is 15.1. The average molecular weight is 311 g/mol. The van der Waals surface area contributed by atoms with Gasteiger partial charge in [-0.05, 0) is 13.3 Å². The summed E-state index contributed by atoms with van der Waals surface area (Å²) in [7, 11) is 0. The number of carbonyl (C=O) groups is 3. The smallest absolute Gasteiger partial charge is 0.310 e. The van der Waals surface area contributed by atoms with Crippen LogP contribution in [0.25, 0.3) is 0 Å². The molecule has 114 valence electrons. The van der Waals surface area contributed by atoms with E-state index in [0.717, 1.165) is 6.42 Å². The van der Waals surface area contributed by atoms with Crippen LogP contribution in [0.15, 0.2) is 12.2 Å². The summed E-state index contributed by atoms with van der Waals surface area (Å²) in [4.78, 5) is 34.7. The van der Waals surface area contributed by atoms with Crippen molar-refractivity contribution in [3.63, 3.8) is 0 Å². The van der Waals surface area contributed by atoms with Gasteiger partial charge < -0.3 is 14.8 Å². The fourth-order valence-electron chi connectivity index (χ4n) is 3.02. The molecule has 21 heavy (non-hydrogen) atoms. The molecule has 2 bridgehead atoms. The average Bonchev–Trinajstić information content (AvgIpc) is 3.03. The predicted molar refractivity (Wildman–Crippen MR) is 75.5 cm³/mol. The van der Waals surface area contributed by atoms with Crippen molar-refractivity contribution in [2.24, 2.45) is 5.92 Å². The fraction of sp³-hybridized carbons (Fsp3) is 0.643. The monoisotopic (exact) mass is 311 g/mol. The van der Waals surface area contributed by atoms with E-state index >= 15 is 0 Å². The Labute approximate surface area is 126 Å². The van der Waals surface area contributed by atoms with E-state index in [2.05, 4.69) is 11.9 Å². The van der Waals surface area contributed by atoms with Crippen molar-refractivity contribution < 1.29 is 23.9 Å². The minimum atomic E-state index is -0.380. The molecular weight excluding hydrogens is 294 g/mol. The second-order valence-corrected chi connectivity index (χ2v) is 7.05. The highest BCUT2D eigenvalue weighted by Crippen LogP contribution is 2.55. The maximum absolute atomic E-state index is 11.8. The lowest BCUT2D eigenvalue weighted by Crippen LogP contribution is -2.40. The number of thioether (sulfide) groups is 1. The minimum Gasteiger partial charge on any atom is -0.457 e. The maximum atomic E-state index is 11.8.